The highest BCUT2D eigenvalue weighted by atomic mass is 16.6. The Hall–Kier alpha value is -2.01. The number of ether oxygens (including phenoxy) is 1. The molecular weight excluding hydrogens is 256 g/mol. The normalized spacial score (nSPS) is 11.6. The van der Waals surface area contributed by atoms with Crippen LogP contribution in [-0.4, -0.2) is 28.0 Å². The first-order valence-corrected chi connectivity index (χ1v) is 6.59. The van der Waals surface area contributed by atoms with Crippen molar-refractivity contribution >= 4 is 22.7 Å². The summed E-state index contributed by atoms with van der Waals surface area (Å²) in [5.41, 5.74) is 1.20. The molecule has 0 bridgehead atoms. The maximum atomic E-state index is 11.7. The Labute approximate surface area is 118 Å². The van der Waals surface area contributed by atoms with E-state index in [-0.39, 0.29) is 6.61 Å². The molecule has 2 rings (SSSR count). The van der Waals surface area contributed by atoms with Crippen molar-refractivity contribution in [1.29, 1.82) is 0 Å². The molecule has 1 heterocycles. The minimum atomic E-state index is -0.515. The summed E-state index contributed by atoms with van der Waals surface area (Å²) in [6, 6.07) is 7.57. The Balaban J connectivity index is 2.14. The van der Waals surface area contributed by atoms with Crippen molar-refractivity contribution in [3.63, 3.8) is 0 Å². The van der Waals surface area contributed by atoms with Crippen LogP contribution in [0.1, 0.15) is 20.8 Å². The van der Waals surface area contributed by atoms with Gasteiger partial charge in [0.25, 0.3) is 0 Å². The van der Waals surface area contributed by atoms with E-state index in [1.165, 1.54) is 0 Å². The predicted molar refractivity (Wildman–Crippen MR) is 78.9 cm³/mol. The van der Waals surface area contributed by atoms with Gasteiger partial charge in [0.05, 0.1) is 6.61 Å². The average Bonchev–Trinajstić information content (AvgIpc) is 2.70. The van der Waals surface area contributed by atoms with E-state index >= 15 is 0 Å². The minimum absolute atomic E-state index is 0.0989. The maximum Gasteiger partial charge on any atom is 0.412 e. The van der Waals surface area contributed by atoms with Crippen LogP contribution in [0.25, 0.3) is 10.9 Å². The van der Waals surface area contributed by atoms with Gasteiger partial charge in [-0.25, -0.2) is 4.79 Å². The number of nitrogens with zero attached hydrogens (tertiary/aromatic N) is 1. The summed E-state index contributed by atoms with van der Waals surface area (Å²) < 4.78 is 7.17. The molecule has 0 fully saturated rings. The number of benzene rings is 1. The smallest absolute Gasteiger partial charge is 0.412 e. The summed E-state index contributed by atoms with van der Waals surface area (Å²) in [4.78, 5) is 11.7. The van der Waals surface area contributed by atoms with Gasteiger partial charge in [0.2, 0.25) is 0 Å². The van der Waals surface area contributed by atoms with Gasteiger partial charge >= 0.3 is 6.09 Å². The zero-order chi connectivity index (χ0) is 14.8. The molecule has 0 aliphatic rings. The first-order chi connectivity index (χ1) is 9.39. The second kappa shape index (κ2) is 5.54. The molecule has 0 radical (unpaired) electrons. The van der Waals surface area contributed by atoms with Gasteiger partial charge in [-0.05, 0) is 45.0 Å². The summed E-state index contributed by atoms with van der Waals surface area (Å²) in [7, 11) is 0. The number of nitrogens with one attached hydrogen (secondary N) is 1. The van der Waals surface area contributed by atoms with Gasteiger partial charge in [0.1, 0.15) is 5.60 Å². The Morgan fingerprint density at radius 3 is 2.75 bits per heavy atom. The second-order valence-corrected chi connectivity index (χ2v) is 5.63. The highest BCUT2D eigenvalue weighted by Gasteiger charge is 2.16. The first-order valence-electron chi connectivity index (χ1n) is 6.59. The van der Waals surface area contributed by atoms with Crippen molar-refractivity contribution in [3.05, 3.63) is 30.5 Å². The molecule has 1 amide bonds. The quantitative estimate of drug-likeness (QED) is 0.906. The summed E-state index contributed by atoms with van der Waals surface area (Å²) in [6.45, 7) is 6.13. The van der Waals surface area contributed by atoms with E-state index in [1.807, 2.05) is 55.8 Å². The third-order valence-electron chi connectivity index (χ3n) is 2.76. The van der Waals surface area contributed by atoms with Crippen molar-refractivity contribution in [2.45, 2.75) is 32.9 Å². The molecule has 0 aliphatic carbocycles. The molecule has 2 N–H and O–H groups in total. The van der Waals surface area contributed by atoms with Crippen molar-refractivity contribution in [2.24, 2.45) is 0 Å². The van der Waals surface area contributed by atoms with E-state index in [0.29, 0.717) is 12.2 Å². The molecule has 1 aromatic heterocycles. The fourth-order valence-electron chi connectivity index (χ4n) is 2.00. The van der Waals surface area contributed by atoms with Crippen LogP contribution >= 0.6 is 0 Å². The lowest BCUT2D eigenvalue weighted by Crippen LogP contribution is -2.27. The lowest BCUT2D eigenvalue weighted by atomic mass is 10.2. The van der Waals surface area contributed by atoms with Crippen LogP contribution in [-0.2, 0) is 11.3 Å². The molecule has 0 saturated carbocycles. The number of amides is 1. The molecule has 2 aromatic rings. The number of carbonyl (C=O) groups excluding carboxylic acids is 1. The number of aliphatic hydroxyl groups excluding tert-OH is 1. The first kappa shape index (κ1) is 14.4. The summed E-state index contributed by atoms with van der Waals surface area (Å²) in [6.07, 6.45) is 1.45. The SMILES string of the molecule is CC(C)(C)OC(=O)Nc1ccc2c(ccn2CCO)c1. The number of rotatable bonds is 3. The van der Waals surface area contributed by atoms with Crippen LogP contribution in [0.15, 0.2) is 30.5 Å². The fraction of sp³-hybridized carbons (Fsp3) is 0.400. The van der Waals surface area contributed by atoms with Crippen molar-refractivity contribution < 1.29 is 14.6 Å². The van der Waals surface area contributed by atoms with Crippen LogP contribution in [0.4, 0.5) is 10.5 Å². The molecule has 5 nitrogen and oxygen atoms in total. The summed E-state index contributed by atoms with van der Waals surface area (Å²) in [5.74, 6) is 0. The number of aliphatic hydroxyl groups is 1. The van der Waals surface area contributed by atoms with Gasteiger partial charge in [-0.2, -0.15) is 0 Å². The summed E-state index contributed by atoms with van der Waals surface area (Å²) >= 11 is 0. The Morgan fingerprint density at radius 1 is 1.35 bits per heavy atom. The van der Waals surface area contributed by atoms with E-state index in [4.69, 9.17) is 9.84 Å². The number of carbonyl (C=O) groups is 1. The molecule has 108 valence electrons. The highest BCUT2D eigenvalue weighted by molar-refractivity contribution is 5.90. The van der Waals surface area contributed by atoms with Gasteiger partial charge in [-0.3, -0.25) is 5.32 Å². The predicted octanol–water partition coefficient (Wildman–Crippen LogP) is 2.98. The molecule has 0 aliphatic heterocycles. The third-order valence-corrected chi connectivity index (χ3v) is 2.76. The number of hydrogen-bond acceptors (Lipinski definition) is 3. The van der Waals surface area contributed by atoms with Crippen molar-refractivity contribution in [3.8, 4) is 0 Å². The Kier molecular flexibility index (Phi) is 3.99. The molecule has 0 unspecified atom stereocenters. The molecule has 0 atom stereocenters. The van der Waals surface area contributed by atoms with E-state index in [1.54, 1.807) is 0 Å². The maximum absolute atomic E-state index is 11.7. The second-order valence-electron chi connectivity index (χ2n) is 5.63. The van der Waals surface area contributed by atoms with E-state index in [2.05, 4.69) is 5.32 Å². The van der Waals surface area contributed by atoms with Gasteiger partial charge < -0.3 is 14.4 Å². The molecular formula is C15H20N2O3. The molecule has 5 heteroatoms. The molecule has 0 spiro atoms. The Bertz CT molecular complexity index is 611. The van der Waals surface area contributed by atoms with Gasteiger partial charge in [0.15, 0.2) is 0 Å². The van der Waals surface area contributed by atoms with Gasteiger partial charge in [0, 0.05) is 29.3 Å². The minimum Gasteiger partial charge on any atom is -0.444 e. The van der Waals surface area contributed by atoms with Crippen LogP contribution in [0, 0.1) is 0 Å². The average molecular weight is 276 g/mol. The zero-order valence-electron chi connectivity index (χ0n) is 12.0. The monoisotopic (exact) mass is 276 g/mol. The molecule has 1 aromatic carbocycles. The number of hydrogen-bond donors (Lipinski definition) is 2. The van der Waals surface area contributed by atoms with E-state index in [0.717, 1.165) is 10.9 Å². The number of aromatic nitrogens is 1. The standard InChI is InChI=1S/C15H20N2O3/c1-15(2,3)20-14(19)16-12-4-5-13-11(10-12)6-7-17(13)8-9-18/h4-7,10,18H,8-9H2,1-3H3,(H,16,19). The lowest BCUT2D eigenvalue weighted by molar-refractivity contribution is 0.0636. The zero-order valence-corrected chi connectivity index (χ0v) is 12.0. The van der Waals surface area contributed by atoms with Crippen LogP contribution in [0.5, 0.6) is 0 Å². The highest BCUT2D eigenvalue weighted by Crippen LogP contribution is 2.21. The largest absolute Gasteiger partial charge is 0.444 e. The summed E-state index contributed by atoms with van der Waals surface area (Å²) in [5, 5.41) is 12.7. The van der Waals surface area contributed by atoms with Gasteiger partial charge in [-0.1, -0.05) is 0 Å². The van der Waals surface area contributed by atoms with Crippen LogP contribution in [0.2, 0.25) is 0 Å². The van der Waals surface area contributed by atoms with Crippen molar-refractivity contribution in [2.75, 3.05) is 11.9 Å². The Morgan fingerprint density at radius 2 is 2.10 bits per heavy atom. The van der Waals surface area contributed by atoms with Crippen molar-refractivity contribution in [1.82, 2.24) is 4.57 Å². The van der Waals surface area contributed by atoms with E-state index < -0.39 is 11.7 Å². The topological polar surface area (TPSA) is 63.5 Å². The fourth-order valence-corrected chi connectivity index (χ4v) is 2.00. The van der Waals surface area contributed by atoms with Gasteiger partial charge in [-0.15, -0.1) is 0 Å². The molecule has 0 saturated heterocycles. The third kappa shape index (κ3) is 3.51. The van der Waals surface area contributed by atoms with E-state index in [9.17, 15) is 4.79 Å². The van der Waals surface area contributed by atoms with Crippen LogP contribution in [0.3, 0.4) is 0 Å². The van der Waals surface area contributed by atoms with Crippen LogP contribution < -0.4 is 5.32 Å². The lowest BCUT2D eigenvalue weighted by Gasteiger charge is -2.19. The molecule has 20 heavy (non-hydrogen) atoms. The number of fused-ring (bicyclic) bond motifs is 1. The number of anilines is 1.